The van der Waals surface area contributed by atoms with Gasteiger partial charge in [-0.05, 0) is 30.3 Å². The number of carbonyl (C=O) groups is 1. The number of nitrogens with zero attached hydrogens (tertiary/aromatic N) is 2. The highest BCUT2D eigenvalue weighted by molar-refractivity contribution is 9.10. The summed E-state index contributed by atoms with van der Waals surface area (Å²) in [6, 6.07) is 12.6. The van der Waals surface area contributed by atoms with E-state index in [1.807, 2.05) is 24.3 Å². The fourth-order valence-electron chi connectivity index (χ4n) is 2.55. The lowest BCUT2D eigenvalue weighted by molar-refractivity contribution is 0.0970. The van der Waals surface area contributed by atoms with Crippen LogP contribution in [0.15, 0.2) is 53.1 Å². The Morgan fingerprint density at radius 3 is 2.60 bits per heavy atom. The summed E-state index contributed by atoms with van der Waals surface area (Å²) in [5.41, 5.74) is 2.52. The minimum atomic E-state index is -0.136. The molecule has 3 rings (SSSR count). The van der Waals surface area contributed by atoms with Crippen molar-refractivity contribution in [2.75, 3.05) is 0 Å². The van der Waals surface area contributed by atoms with E-state index in [1.165, 1.54) is 0 Å². The van der Waals surface area contributed by atoms with Crippen LogP contribution in [0.2, 0.25) is 10.0 Å². The Morgan fingerprint density at radius 2 is 1.92 bits per heavy atom. The summed E-state index contributed by atoms with van der Waals surface area (Å²) in [7, 11) is 1.80. The van der Waals surface area contributed by atoms with E-state index < -0.39 is 0 Å². The normalized spacial score (nSPS) is 10.9. The van der Waals surface area contributed by atoms with Gasteiger partial charge in [-0.2, -0.15) is 0 Å². The van der Waals surface area contributed by atoms with E-state index in [0.29, 0.717) is 15.6 Å². The van der Waals surface area contributed by atoms with Crippen LogP contribution in [-0.2, 0) is 13.6 Å². The number of nitrogens with one attached hydrogen (secondary N) is 1. The molecule has 0 radical (unpaired) electrons. The van der Waals surface area contributed by atoms with Gasteiger partial charge >= 0.3 is 0 Å². The molecule has 1 heterocycles. The molecule has 0 saturated heterocycles. The second-order valence-corrected chi connectivity index (χ2v) is 7.32. The highest BCUT2D eigenvalue weighted by Gasteiger charge is 2.13. The van der Waals surface area contributed by atoms with Crippen LogP contribution in [0.25, 0.3) is 11.3 Å². The Kier molecular flexibility index (Phi) is 5.18. The summed E-state index contributed by atoms with van der Waals surface area (Å²) in [4.78, 5) is 12.5. The van der Waals surface area contributed by atoms with Crippen molar-refractivity contribution in [2.24, 2.45) is 7.05 Å². The van der Waals surface area contributed by atoms with Crippen molar-refractivity contribution in [3.05, 3.63) is 74.4 Å². The number of halogens is 3. The third-order valence-electron chi connectivity index (χ3n) is 3.91. The largest absolute Gasteiger partial charge is 0.314 e. The van der Waals surface area contributed by atoms with Gasteiger partial charge in [0.2, 0.25) is 5.62 Å². The number of hydrogen-bond acceptors (Lipinski definition) is 2. The molecule has 0 unspecified atom stereocenters. The second kappa shape index (κ2) is 7.20. The number of carbonyl (C=O) groups excluding carboxylic acids is 1. The molecule has 3 aromatic rings. The van der Waals surface area contributed by atoms with Crippen LogP contribution in [0, 0.1) is 5.41 Å². The molecular weight excluding hydrogens is 425 g/mol. The van der Waals surface area contributed by atoms with E-state index >= 15 is 0 Å². The summed E-state index contributed by atoms with van der Waals surface area (Å²) >= 11 is 15.3. The van der Waals surface area contributed by atoms with Gasteiger partial charge in [-0.15, -0.1) is 0 Å². The lowest BCUT2D eigenvalue weighted by atomic mass is 10.1. The van der Waals surface area contributed by atoms with E-state index in [9.17, 15) is 4.79 Å². The quantitative estimate of drug-likeness (QED) is 0.577. The SMILES string of the molecule is Cn1c(-c2cccc(Br)c2)cn(CC(=O)c2ccc(Cl)c(Cl)c2)c1=N. The zero-order chi connectivity index (χ0) is 18.1. The van der Waals surface area contributed by atoms with Crippen molar-refractivity contribution in [3.63, 3.8) is 0 Å². The average Bonchev–Trinajstić information content (AvgIpc) is 2.86. The second-order valence-electron chi connectivity index (χ2n) is 5.59. The van der Waals surface area contributed by atoms with Crippen LogP contribution < -0.4 is 5.62 Å². The smallest absolute Gasteiger partial charge is 0.202 e. The molecule has 0 fully saturated rings. The molecule has 1 N–H and O–H groups in total. The fourth-order valence-corrected chi connectivity index (χ4v) is 3.25. The van der Waals surface area contributed by atoms with Crippen molar-refractivity contribution in [1.29, 1.82) is 5.41 Å². The Labute approximate surface area is 163 Å². The van der Waals surface area contributed by atoms with Crippen LogP contribution in [0.5, 0.6) is 0 Å². The zero-order valence-electron chi connectivity index (χ0n) is 13.3. The van der Waals surface area contributed by atoms with Gasteiger partial charge in [0.25, 0.3) is 0 Å². The Hall–Kier alpha value is -1.82. The molecule has 0 amide bonds. The average molecular weight is 439 g/mol. The molecule has 0 aliphatic carbocycles. The van der Waals surface area contributed by atoms with Gasteiger partial charge in [0.15, 0.2) is 5.78 Å². The van der Waals surface area contributed by atoms with Gasteiger partial charge in [-0.25, -0.2) is 0 Å². The number of Topliss-reactive ketones (excluding diaryl/α,β-unsaturated/α-hetero) is 1. The first kappa shape index (κ1) is 18.0. The molecule has 0 atom stereocenters. The molecule has 2 aromatic carbocycles. The number of aromatic nitrogens is 2. The zero-order valence-corrected chi connectivity index (χ0v) is 16.4. The van der Waals surface area contributed by atoms with Crippen molar-refractivity contribution in [1.82, 2.24) is 9.13 Å². The maximum Gasteiger partial charge on any atom is 0.202 e. The van der Waals surface area contributed by atoms with Crippen molar-refractivity contribution in [2.45, 2.75) is 6.54 Å². The van der Waals surface area contributed by atoms with Crippen molar-refractivity contribution < 1.29 is 4.79 Å². The van der Waals surface area contributed by atoms with Gasteiger partial charge in [0.05, 0.1) is 22.3 Å². The van der Waals surface area contributed by atoms with Crippen molar-refractivity contribution in [3.8, 4) is 11.3 Å². The standard InChI is InChI=1S/C18H14BrCl2N3O/c1-23-16(11-3-2-4-13(19)7-11)9-24(18(23)22)10-17(25)12-5-6-14(20)15(21)8-12/h2-9,22H,10H2,1H3. The lowest BCUT2D eigenvalue weighted by Crippen LogP contribution is -2.25. The number of hydrogen-bond donors (Lipinski definition) is 1. The molecule has 1 aromatic heterocycles. The van der Waals surface area contributed by atoms with Crippen molar-refractivity contribution >= 4 is 44.9 Å². The first-order valence-electron chi connectivity index (χ1n) is 7.42. The highest BCUT2D eigenvalue weighted by Crippen LogP contribution is 2.24. The topological polar surface area (TPSA) is 50.8 Å². The lowest BCUT2D eigenvalue weighted by Gasteiger charge is -2.04. The highest BCUT2D eigenvalue weighted by atomic mass is 79.9. The summed E-state index contributed by atoms with van der Waals surface area (Å²) in [5.74, 6) is -0.136. The molecule has 7 heteroatoms. The number of ketones is 1. The summed E-state index contributed by atoms with van der Waals surface area (Å²) < 4.78 is 4.31. The summed E-state index contributed by atoms with van der Waals surface area (Å²) in [6.07, 6.45) is 1.81. The third kappa shape index (κ3) is 3.73. The van der Waals surface area contributed by atoms with Gasteiger partial charge in [0.1, 0.15) is 0 Å². The monoisotopic (exact) mass is 437 g/mol. The minimum absolute atomic E-state index is 0.0542. The van der Waals surface area contributed by atoms with Crippen LogP contribution in [0.4, 0.5) is 0 Å². The van der Waals surface area contributed by atoms with Crippen LogP contribution in [0.1, 0.15) is 10.4 Å². The Balaban J connectivity index is 1.93. The Morgan fingerprint density at radius 1 is 1.16 bits per heavy atom. The predicted octanol–water partition coefficient (Wildman–Crippen LogP) is 4.93. The molecule has 0 saturated carbocycles. The molecule has 0 bridgehead atoms. The van der Waals surface area contributed by atoms with E-state index in [1.54, 1.807) is 40.6 Å². The van der Waals surface area contributed by atoms with Gasteiger partial charge < -0.3 is 9.13 Å². The number of benzene rings is 2. The van der Waals surface area contributed by atoms with Crippen LogP contribution >= 0.6 is 39.1 Å². The molecule has 0 aliphatic heterocycles. The van der Waals surface area contributed by atoms with Crippen LogP contribution in [-0.4, -0.2) is 14.9 Å². The van der Waals surface area contributed by atoms with E-state index in [0.717, 1.165) is 15.7 Å². The fraction of sp³-hybridized carbons (Fsp3) is 0.111. The molecule has 0 aliphatic rings. The molecule has 25 heavy (non-hydrogen) atoms. The molecular formula is C18H14BrCl2N3O. The van der Waals surface area contributed by atoms with E-state index in [-0.39, 0.29) is 17.9 Å². The van der Waals surface area contributed by atoms with E-state index in [2.05, 4.69) is 15.9 Å². The maximum absolute atomic E-state index is 12.5. The summed E-state index contributed by atoms with van der Waals surface area (Å²) in [6.45, 7) is 0.0542. The third-order valence-corrected chi connectivity index (χ3v) is 5.14. The molecule has 128 valence electrons. The minimum Gasteiger partial charge on any atom is -0.314 e. The Bertz CT molecular complexity index is 1020. The van der Waals surface area contributed by atoms with E-state index in [4.69, 9.17) is 28.6 Å². The maximum atomic E-state index is 12.5. The molecule has 4 nitrogen and oxygen atoms in total. The molecule has 0 spiro atoms. The number of imidazole rings is 1. The first-order chi connectivity index (χ1) is 11.9. The first-order valence-corrected chi connectivity index (χ1v) is 8.96. The summed E-state index contributed by atoms with van der Waals surface area (Å²) in [5, 5.41) is 9.01. The predicted molar refractivity (Wildman–Crippen MR) is 103 cm³/mol. The van der Waals surface area contributed by atoms with Gasteiger partial charge in [-0.3, -0.25) is 10.2 Å². The van der Waals surface area contributed by atoms with Crippen LogP contribution in [0.3, 0.4) is 0 Å². The van der Waals surface area contributed by atoms with Gasteiger partial charge in [0, 0.05) is 28.8 Å². The van der Waals surface area contributed by atoms with Gasteiger partial charge in [-0.1, -0.05) is 51.3 Å². The number of rotatable bonds is 4.